The molecule has 112 valence electrons. The molecule has 0 amide bonds. The maximum absolute atomic E-state index is 11.5. The van der Waals surface area contributed by atoms with Crippen LogP contribution in [0, 0.1) is 19.8 Å². The van der Waals surface area contributed by atoms with Crippen LogP contribution in [0.2, 0.25) is 0 Å². The van der Waals surface area contributed by atoms with E-state index in [9.17, 15) is 4.79 Å². The van der Waals surface area contributed by atoms with Crippen molar-refractivity contribution in [2.75, 3.05) is 6.61 Å². The van der Waals surface area contributed by atoms with Gasteiger partial charge in [-0.2, -0.15) is 0 Å². The van der Waals surface area contributed by atoms with Crippen molar-refractivity contribution >= 4 is 5.97 Å². The highest BCUT2D eigenvalue weighted by atomic mass is 16.5. The van der Waals surface area contributed by atoms with Crippen LogP contribution in [0.5, 0.6) is 0 Å². The Balaban J connectivity index is 2.21. The van der Waals surface area contributed by atoms with Gasteiger partial charge in [0.05, 0.1) is 6.61 Å². The number of unbranched alkanes of at least 4 members (excludes halogenated alkanes) is 1. The summed E-state index contributed by atoms with van der Waals surface area (Å²) >= 11 is 0. The molecule has 1 aromatic carbocycles. The fourth-order valence-corrected chi connectivity index (χ4v) is 2.32. The van der Waals surface area contributed by atoms with Gasteiger partial charge in [0.25, 0.3) is 0 Å². The van der Waals surface area contributed by atoms with Crippen LogP contribution >= 0.6 is 0 Å². The third-order valence-electron chi connectivity index (χ3n) is 3.94. The Morgan fingerprint density at radius 3 is 2.45 bits per heavy atom. The van der Waals surface area contributed by atoms with E-state index in [1.165, 1.54) is 16.7 Å². The van der Waals surface area contributed by atoms with Crippen LogP contribution in [0.3, 0.4) is 0 Å². The Morgan fingerprint density at radius 1 is 1.20 bits per heavy atom. The van der Waals surface area contributed by atoms with Gasteiger partial charge in [0.1, 0.15) is 0 Å². The minimum atomic E-state index is -0.0496. The van der Waals surface area contributed by atoms with Crippen molar-refractivity contribution in [3.8, 4) is 0 Å². The molecule has 20 heavy (non-hydrogen) atoms. The molecule has 0 unspecified atom stereocenters. The van der Waals surface area contributed by atoms with E-state index in [-0.39, 0.29) is 5.97 Å². The Hall–Kier alpha value is -1.31. The SMILES string of the molecule is CC[C@H](C)CC(=O)OCCCCc1c(C)cccc1C. The maximum atomic E-state index is 11.5. The van der Waals surface area contributed by atoms with E-state index < -0.39 is 0 Å². The summed E-state index contributed by atoms with van der Waals surface area (Å²) < 4.78 is 5.27. The lowest BCUT2D eigenvalue weighted by atomic mass is 9.98. The number of esters is 1. The predicted molar refractivity (Wildman–Crippen MR) is 83.9 cm³/mol. The highest BCUT2D eigenvalue weighted by molar-refractivity contribution is 5.69. The molecule has 1 rings (SSSR count). The van der Waals surface area contributed by atoms with Crippen LogP contribution in [0.1, 0.15) is 56.2 Å². The van der Waals surface area contributed by atoms with Gasteiger partial charge in [-0.05, 0) is 55.7 Å². The second-order valence-corrected chi connectivity index (χ2v) is 5.77. The molecular formula is C18H28O2. The van der Waals surface area contributed by atoms with Crippen molar-refractivity contribution in [2.24, 2.45) is 5.92 Å². The van der Waals surface area contributed by atoms with Crippen molar-refractivity contribution in [3.63, 3.8) is 0 Å². The van der Waals surface area contributed by atoms with Crippen LogP contribution in [0.15, 0.2) is 18.2 Å². The topological polar surface area (TPSA) is 26.3 Å². The van der Waals surface area contributed by atoms with E-state index in [2.05, 4.69) is 45.9 Å². The van der Waals surface area contributed by atoms with Gasteiger partial charge >= 0.3 is 5.97 Å². The monoisotopic (exact) mass is 276 g/mol. The highest BCUT2D eigenvalue weighted by Gasteiger charge is 2.08. The average Bonchev–Trinajstić information content (AvgIpc) is 2.41. The molecule has 2 heteroatoms. The summed E-state index contributed by atoms with van der Waals surface area (Å²) in [7, 11) is 0. The normalized spacial score (nSPS) is 12.2. The maximum Gasteiger partial charge on any atom is 0.306 e. The lowest BCUT2D eigenvalue weighted by molar-refractivity contribution is -0.144. The van der Waals surface area contributed by atoms with Gasteiger partial charge in [-0.3, -0.25) is 4.79 Å². The van der Waals surface area contributed by atoms with Gasteiger partial charge in [-0.15, -0.1) is 0 Å². The number of benzene rings is 1. The number of ether oxygens (including phenoxy) is 1. The second-order valence-electron chi connectivity index (χ2n) is 5.77. The van der Waals surface area contributed by atoms with Crippen LogP contribution in [-0.4, -0.2) is 12.6 Å². The minimum Gasteiger partial charge on any atom is -0.466 e. The molecule has 0 fully saturated rings. The first kappa shape index (κ1) is 16.7. The van der Waals surface area contributed by atoms with Crippen LogP contribution < -0.4 is 0 Å². The lowest BCUT2D eigenvalue weighted by Gasteiger charge is -2.10. The first-order valence-corrected chi connectivity index (χ1v) is 7.75. The van der Waals surface area contributed by atoms with E-state index in [1.807, 2.05) is 0 Å². The number of carbonyl (C=O) groups excluding carboxylic acids is 1. The molecule has 0 aliphatic carbocycles. The van der Waals surface area contributed by atoms with E-state index in [1.54, 1.807) is 0 Å². The average molecular weight is 276 g/mol. The molecule has 0 radical (unpaired) electrons. The standard InChI is InChI=1S/C18H28O2/c1-5-14(2)13-18(19)20-12-7-6-11-17-15(3)9-8-10-16(17)4/h8-10,14H,5-7,11-13H2,1-4H3/t14-/m0/s1. The zero-order valence-electron chi connectivity index (χ0n) is 13.4. The van der Waals surface area contributed by atoms with E-state index in [0.29, 0.717) is 18.9 Å². The predicted octanol–water partition coefficient (Wildman–Crippen LogP) is 4.61. The fourth-order valence-electron chi connectivity index (χ4n) is 2.32. The smallest absolute Gasteiger partial charge is 0.306 e. The highest BCUT2D eigenvalue weighted by Crippen LogP contribution is 2.16. The van der Waals surface area contributed by atoms with Crippen molar-refractivity contribution in [1.29, 1.82) is 0 Å². The zero-order valence-corrected chi connectivity index (χ0v) is 13.4. The van der Waals surface area contributed by atoms with Gasteiger partial charge in [0.2, 0.25) is 0 Å². The zero-order chi connectivity index (χ0) is 15.0. The van der Waals surface area contributed by atoms with Crippen molar-refractivity contribution in [3.05, 3.63) is 34.9 Å². The Kier molecular flexibility index (Phi) is 7.35. The molecule has 0 aromatic heterocycles. The van der Waals surface area contributed by atoms with Crippen molar-refractivity contribution < 1.29 is 9.53 Å². The largest absolute Gasteiger partial charge is 0.466 e. The number of carbonyl (C=O) groups is 1. The number of rotatable bonds is 8. The second kappa shape index (κ2) is 8.78. The summed E-state index contributed by atoms with van der Waals surface area (Å²) in [5.74, 6) is 0.378. The van der Waals surface area contributed by atoms with Gasteiger partial charge in [0.15, 0.2) is 0 Å². The molecule has 2 nitrogen and oxygen atoms in total. The van der Waals surface area contributed by atoms with Crippen LogP contribution in [0.4, 0.5) is 0 Å². The molecule has 0 heterocycles. The molecule has 0 bridgehead atoms. The Bertz CT molecular complexity index is 403. The van der Waals surface area contributed by atoms with Crippen molar-refractivity contribution in [1.82, 2.24) is 0 Å². The number of hydrogen-bond acceptors (Lipinski definition) is 2. The Labute approximate surface area is 123 Å². The summed E-state index contributed by atoms with van der Waals surface area (Å²) in [6.45, 7) is 9.06. The summed E-state index contributed by atoms with van der Waals surface area (Å²) in [6, 6.07) is 6.42. The van der Waals surface area contributed by atoms with Gasteiger partial charge in [0, 0.05) is 6.42 Å². The van der Waals surface area contributed by atoms with E-state index in [4.69, 9.17) is 4.74 Å². The lowest BCUT2D eigenvalue weighted by Crippen LogP contribution is -2.10. The summed E-state index contributed by atoms with van der Waals surface area (Å²) in [6.07, 6.45) is 4.67. The van der Waals surface area contributed by atoms with Crippen LogP contribution in [0.25, 0.3) is 0 Å². The Morgan fingerprint density at radius 2 is 1.85 bits per heavy atom. The number of hydrogen-bond donors (Lipinski definition) is 0. The first-order chi connectivity index (χ1) is 9.54. The van der Waals surface area contributed by atoms with Gasteiger partial charge in [-0.25, -0.2) is 0 Å². The third kappa shape index (κ3) is 5.77. The van der Waals surface area contributed by atoms with Gasteiger partial charge < -0.3 is 4.74 Å². The summed E-state index contributed by atoms with van der Waals surface area (Å²) in [5.41, 5.74) is 4.16. The first-order valence-electron chi connectivity index (χ1n) is 7.75. The molecule has 0 spiro atoms. The number of aryl methyl sites for hydroxylation is 2. The fraction of sp³-hybridized carbons (Fsp3) is 0.611. The molecule has 0 N–H and O–H groups in total. The van der Waals surface area contributed by atoms with Crippen LogP contribution in [-0.2, 0) is 16.0 Å². The summed E-state index contributed by atoms with van der Waals surface area (Å²) in [5, 5.41) is 0. The van der Waals surface area contributed by atoms with Crippen molar-refractivity contribution in [2.45, 2.75) is 59.8 Å². The third-order valence-corrected chi connectivity index (χ3v) is 3.94. The molecule has 0 saturated carbocycles. The molecule has 0 saturated heterocycles. The molecule has 1 aromatic rings. The quantitative estimate of drug-likeness (QED) is 0.512. The minimum absolute atomic E-state index is 0.0496. The molecular weight excluding hydrogens is 248 g/mol. The van der Waals surface area contributed by atoms with E-state index in [0.717, 1.165) is 25.7 Å². The van der Waals surface area contributed by atoms with Gasteiger partial charge in [-0.1, -0.05) is 38.5 Å². The molecule has 0 aliphatic heterocycles. The molecule has 1 atom stereocenters. The summed E-state index contributed by atoms with van der Waals surface area (Å²) in [4.78, 5) is 11.5. The molecule has 0 aliphatic rings. The van der Waals surface area contributed by atoms with E-state index >= 15 is 0 Å².